The number of thioether (sulfide) groups is 1. The molecule has 6 heteroatoms. The maximum atomic E-state index is 5.69. The molecule has 0 bridgehead atoms. The second-order valence-electron chi connectivity index (χ2n) is 8.52. The van der Waals surface area contributed by atoms with Crippen molar-refractivity contribution in [3.8, 4) is 17.2 Å². The van der Waals surface area contributed by atoms with E-state index in [2.05, 4.69) is 35.6 Å². The quantitative estimate of drug-likeness (QED) is 0.215. The van der Waals surface area contributed by atoms with Crippen LogP contribution in [0.1, 0.15) is 50.2 Å². The van der Waals surface area contributed by atoms with Gasteiger partial charge in [-0.05, 0) is 61.6 Å². The Labute approximate surface area is 204 Å². The van der Waals surface area contributed by atoms with E-state index in [1.54, 1.807) is 21.3 Å². The zero-order valence-electron chi connectivity index (χ0n) is 20.7. The van der Waals surface area contributed by atoms with E-state index in [9.17, 15) is 0 Å². The van der Waals surface area contributed by atoms with Crippen LogP contribution < -0.4 is 19.6 Å². The number of methoxy groups -OCH3 is 3. The minimum atomic E-state index is 0.503. The molecule has 1 unspecified atom stereocenters. The Bertz CT molecular complexity index is 844. The van der Waals surface area contributed by atoms with Gasteiger partial charge in [0.15, 0.2) is 11.5 Å². The van der Waals surface area contributed by atoms with Crippen molar-refractivity contribution in [2.75, 3.05) is 40.2 Å². The predicted molar refractivity (Wildman–Crippen MR) is 138 cm³/mol. The third kappa shape index (κ3) is 7.29. The van der Waals surface area contributed by atoms with E-state index < -0.39 is 0 Å². The van der Waals surface area contributed by atoms with Crippen molar-refractivity contribution < 1.29 is 14.2 Å². The molecule has 0 amide bonds. The molecule has 2 aromatic carbocycles. The first-order valence-corrected chi connectivity index (χ1v) is 13.2. The lowest BCUT2D eigenvalue weighted by molar-refractivity contribution is 0.112. The average molecular weight is 473 g/mol. The highest BCUT2D eigenvalue weighted by atomic mass is 32.2. The van der Waals surface area contributed by atoms with Crippen molar-refractivity contribution in [3.63, 3.8) is 0 Å². The zero-order chi connectivity index (χ0) is 23.5. The van der Waals surface area contributed by atoms with Crippen molar-refractivity contribution >= 4 is 11.8 Å². The molecule has 0 saturated carbocycles. The van der Waals surface area contributed by atoms with E-state index in [0.717, 1.165) is 55.4 Å². The molecule has 0 spiro atoms. The molecule has 33 heavy (non-hydrogen) atoms. The first-order valence-electron chi connectivity index (χ1n) is 12.2. The van der Waals surface area contributed by atoms with E-state index in [-0.39, 0.29) is 0 Å². The molecule has 5 nitrogen and oxygen atoms in total. The monoisotopic (exact) mass is 472 g/mol. The Morgan fingerprint density at radius 3 is 2.48 bits per heavy atom. The summed E-state index contributed by atoms with van der Waals surface area (Å²) in [6.45, 7) is 4.33. The van der Waals surface area contributed by atoms with Gasteiger partial charge in [-0.15, -0.1) is 11.8 Å². The van der Waals surface area contributed by atoms with Gasteiger partial charge in [0.05, 0.1) is 21.3 Å². The summed E-state index contributed by atoms with van der Waals surface area (Å²) >= 11 is 1.88. The lowest BCUT2D eigenvalue weighted by Crippen LogP contribution is -2.49. The summed E-state index contributed by atoms with van der Waals surface area (Å²) in [5.41, 5.74) is 6.47. The molecule has 182 valence electrons. The van der Waals surface area contributed by atoms with Gasteiger partial charge in [-0.1, -0.05) is 32.3 Å². The van der Waals surface area contributed by atoms with E-state index in [1.807, 2.05) is 30.0 Å². The Hall–Kier alpha value is -1.89. The molecule has 3 rings (SSSR count). The zero-order valence-corrected chi connectivity index (χ0v) is 21.5. The van der Waals surface area contributed by atoms with Gasteiger partial charge in [0.25, 0.3) is 0 Å². The van der Waals surface area contributed by atoms with Gasteiger partial charge in [-0.25, -0.2) is 5.01 Å². The molecular weight excluding hydrogens is 432 g/mol. The number of nitrogens with one attached hydrogen (secondary N) is 1. The largest absolute Gasteiger partial charge is 0.497 e. The number of rotatable bonds is 14. The van der Waals surface area contributed by atoms with E-state index >= 15 is 0 Å². The molecule has 2 aromatic rings. The van der Waals surface area contributed by atoms with Crippen LogP contribution in [0.5, 0.6) is 17.2 Å². The topological polar surface area (TPSA) is 43.0 Å². The summed E-state index contributed by atoms with van der Waals surface area (Å²) < 4.78 is 16.5. The fourth-order valence-electron chi connectivity index (χ4n) is 4.56. The van der Waals surface area contributed by atoms with Gasteiger partial charge < -0.3 is 14.2 Å². The number of hydrazine groups is 1. The van der Waals surface area contributed by atoms with Crippen molar-refractivity contribution in [2.45, 2.75) is 62.8 Å². The third-order valence-electron chi connectivity index (χ3n) is 6.37. The second kappa shape index (κ2) is 13.7. The lowest BCUT2D eigenvalue weighted by Gasteiger charge is -2.36. The summed E-state index contributed by atoms with van der Waals surface area (Å²) in [6, 6.07) is 13.1. The van der Waals surface area contributed by atoms with Crippen LogP contribution in [-0.4, -0.2) is 51.2 Å². The maximum absolute atomic E-state index is 5.69. The van der Waals surface area contributed by atoms with Crippen LogP contribution in [0.2, 0.25) is 0 Å². The Kier molecular flexibility index (Phi) is 10.7. The minimum absolute atomic E-state index is 0.503. The van der Waals surface area contributed by atoms with Crippen LogP contribution in [0.15, 0.2) is 41.3 Å². The number of hydrogen-bond acceptors (Lipinski definition) is 6. The Morgan fingerprint density at radius 1 is 0.970 bits per heavy atom. The van der Waals surface area contributed by atoms with Gasteiger partial charge in [-0.3, -0.25) is 5.43 Å². The van der Waals surface area contributed by atoms with Crippen LogP contribution in [0.4, 0.5) is 0 Å². The summed E-state index contributed by atoms with van der Waals surface area (Å²) in [7, 11) is 5.16. The molecule has 1 atom stereocenters. The molecule has 0 saturated heterocycles. The summed E-state index contributed by atoms with van der Waals surface area (Å²) in [5, 5.41) is 2.52. The summed E-state index contributed by atoms with van der Waals surface area (Å²) in [5.74, 6) is 3.68. The highest BCUT2D eigenvalue weighted by molar-refractivity contribution is 7.99. The van der Waals surface area contributed by atoms with Gasteiger partial charge in [0.2, 0.25) is 0 Å². The van der Waals surface area contributed by atoms with Gasteiger partial charge in [0.1, 0.15) is 5.75 Å². The number of unbranched alkanes of at least 4 members (excludes halogenated alkanes) is 3. The van der Waals surface area contributed by atoms with E-state index in [0.29, 0.717) is 6.04 Å². The molecule has 1 aliphatic carbocycles. The third-order valence-corrected chi connectivity index (χ3v) is 7.38. The van der Waals surface area contributed by atoms with Crippen molar-refractivity contribution in [3.05, 3.63) is 47.5 Å². The normalized spacial score (nSPS) is 15.4. The second-order valence-corrected chi connectivity index (χ2v) is 9.69. The average Bonchev–Trinajstić information content (AvgIpc) is 2.87. The fraction of sp³-hybridized carbons (Fsp3) is 0.556. The van der Waals surface area contributed by atoms with Crippen LogP contribution >= 0.6 is 11.8 Å². The van der Waals surface area contributed by atoms with Crippen LogP contribution in [0.3, 0.4) is 0 Å². The number of hydrogen-bond donors (Lipinski definition) is 1. The van der Waals surface area contributed by atoms with E-state index in [4.69, 9.17) is 14.2 Å². The van der Waals surface area contributed by atoms with Gasteiger partial charge >= 0.3 is 0 Å². The van der Waals surface area contributed by atoms with Crippen molar-refractivity contribution in [1.29, 1.82) is 0 Å². The molecule has 0 heterocycles. The van der Waals surface area contributed by atoms with Crippen molar-refractivity contribution in [1.82, 2.24) is 10.4 Å². The standard InChI is InChI=1S/C27H40N2O3S/c1-5-6-7-8-18-29(28-17-19-33-24-13-11-23(30-2)12-14-24)22-10-15-25-21(20-22)9-16-26(31-3)27(25)32-4/h9,11-14,16,22,28H,5-8,10,15,17-20H2,1-4H3. The van der Waals surface area contributed by atoms with Crippen LogP contribution in [0.25, 0.3) is 0 Å². The smallest absolute Gasteiger partial charge is 0.164 e. The van der Waals surface area contributed by atoms with Crippen molar-refractivity contribution in [2.24, 2.45) is 0 Å². The van der Waals surface area contributed by atoms with E-state index in [1.165, 1.54) is 41.7 Å². The molecule has 1 aliphatic rings. The molecule has 0 aliphatic heterocycles. The van der Waals surface area contributed by atoms with Gasteiger partial charge in [-0.2, -0.15) is 0 Å². The number of ether oxygens (including phenoxy) is 3. The Balaban J connectivity index is 1.58. The first kappa shape index (κ1) is 25.7. The SMILES string of the molecule is CCCCCCN(NCCSc1ccc(OC)cc1)C1CCc2c(ccc(OC)c2OC)C1. The number of fused-ring (bicyclic) bond motifs is 1. The molecule has 0 aromatic heterocycles. The fourth-order valence-corrected chi connectivity index (χ4v) is 5.32. The number of benzene rings is 2. The minimum Gasteiger partial charge on any atom is -0.497 e. The molecular formula is C27H40N2O3S. The highest BCUT2D eigenvalue weighted by Crippen LogP contribution is 2.38. The lowest BCUT2D eigenvalue weighted by atomic mass is 9.87. The van der Waals surface area contributed by atoms with Gasteiger partial charge in [0, 0.05) is 35.3 Å². The molecule has 0 radical (unpaired) electrons. The van der Waals surface area contributed by atoms with Crippen LogP contribution in [0, 0.1) is 0 Å². The molecule has 1 N–H and O–H groups in total. The molecule has 0 fully saturated rings. The maximum Gasteiger partial charge on any atom is 0.164 e. The summed E-state index contributed by atoms with van der Waals surface area (Å²) in [6.07, 6.45) is 8.31. The van der Waals surface area contributed by atoms with Crippen LogP contribution in [-0.2, 0) is 12.8 Å². The first-order chi connectivity index (χ1) is 16.2. The highest BCUT2D eigenvalue weighted by Gasteiger charge is 2.27. The summed E-state index contributed by atoms with van der Waals surface area (Å²) in [4.78, 5) is 1.28. The predicted octanol–water partition coefficient (Wildman–Crippen LogP) is 5.75. The Morgan fingerprint density at radius 2 is 1.79 bits per heavy atom. The number of nitrogens with zero attached hydrogens (tertiary/aromatic N) is 1.